The zero-order chi connectivity index (χ0) is 13.4. The third-order valence-electron chi connectivity index (χ3n) is 3.82. The van der Waals surface area contributed by atoms with Gasteiger partial charge in [-0.15, -0.1) is 0 Å². The van der Waals surface area contributed by atoms with Crippen LogP contribution in [-0.2, 0) is 0 Å². The summed E-state index contributed by atoms with van der Waals surface area (Å²) in [4.78, 5) is 14.1. The van der Waals surface area contributed by atoms with Crippen LogP contribution in [0.3, 0.4) is 0 Å². The Morgan fingerprint density at radius 2 is 2.37 bits per heavy atom. The Labute approximate surface area is 111 Å². The van der Waals surface area contributed by atoms with Gasteiger partial charge in [0.05, 0.1) is 6.26 Å². The van der Waals surface area contributed by atoms with Crippen LogP contribution in [0.4, 0.5) is 0 Å². The lowest BCUT2D eigenvalue weighted by Crippen LogP contribution is -2.36. The van der Waals surface area contributed by atoms with Crippen LogP contribution in [0.25, 0.3) is 11.5 Å². The van der Waals surface area contributed by atoms with Crippen LogP contribution in [0.2, 0.25) is 0 Å². The SMILES string of the molecule is CC(C1CC1)N(C)C(=O)c1cc(-c2ccco2)[nH]n1. The first-order valence-corrected chi connectivity index (χ1v) is 6.53. The average Bonchev–Trinajstić information content (AvgIpc) is 2.94. The highest BCUT2D eigenvalue weighted by molar-refractivity contribution is 5.93. The molecule has 2 heterocycles. The van der Waals surface area contributed by atoms with Gasteiger partial charge in [-0.05, 0) is 37.8 Å². The van der Waals surface area contributed by atoms with Gasteiger partial charge in [-0.25, -0.2) is 0 Å². The number of furan rings is 1. The van der Waals surface area contributed by atoms with E-state index in [0.717, 1.165) is 5.69 Å². The van der Waals surface area contributed by atoms with E-state index in [1.165, 1.54) is 12.8 Å². The van der Waals surface area contributed by atoms with Crippen molar-refractivity contribution < 1.29 is 9.21 Å². The quantitative estimate of drug-likeness (QED) is 0.917. The molecule has 3 rings (SSSR count). The van der Waals surface area contributed by atoms with Crippen LogP contribution < -0.4 is 0 Å². The van der Waals surface area contributed by atoms with Gasteiger partial charge in [-0.2, -0.15) is 5.10 Å². The standard InChI is InChI=1S/C14H17N3O2/c1-9(10-5-6-10)17(2)14(18)12-8-11(15-16-12)13-4-3-7-19-13/h3-4,7-10H,5-6H2,1-2H3,(H,15,16). The van der Waals surface area contributed by atoms with Gasteiger partial charge in [0.1, 0.15) is 5.69 Å². The summed E-state index contributed by atoms with van der Waals surface area (Å²) in [6, 6.07) is 5.64. The lowest BCUT2D eigenvalue weighted by atomic mass is 10.2. The molecular formula is C14H17N3O2. The molecule has 0 saturated heterocycles. The molecule has 1 saturated carbocycles. The number of aromatic amines is 1. The third-order valence-corrected chi connectivity index (χ3v) is 3.82. The Hall–Kier alpha value is -2.04. The summed E-state index contributed by atoms with van der Waals surface area (Å²) in [6.45, 7) is 2.09. The van der Waals surface area contributed by atoms with E-state index in [1.54, 1.807) is 23.3 Å². The second kappa shape index (κ2) is 4.57. The molecule has 2 aromatic rings. The Morgan fingerprint density at radius 3 is 3.00 bits per heavy atom. The monoisotopic (exact) mass is 259 g/mol. The van der Waals surface area contributed by atoms with Crippen LogP contribution in [0, 0.1) is 5.92 Å². The fourth-order valence-corrected chi connectivity index (χ4v) is 2.25. The summed E-state index contributed by atoms with van der Waals surface area (Å²) in [5.74, 6) is 1.29. The third kappa shape index (κ3) is 2.28. The molecule has 2 aromatic heterocycles. The minimum absolute atomic E-state index is 0.0477. The van der Waals surface area contributed by atoms with Crippen molar-refractivity contribution in [2.24, 2.45) is 5.92 Å². The van der Waals surface area contributed by atoms with Gasteiger partial charge in [0.2, 0.25) is 0 Å². The van der Waals surface area contributed by atoms with Crippen molar-refractivity contribution in [1.82, 2.24) is 15.1 Å². The van der Waals surface area contributed by atoms with Crippen molar-refractivity contribution in [3.63, 3.8) is 0 Å². The van der Waals surface area contributed by atoms with E-state index >= 15 is 0 Å². The van der Waals surface area contributed by atoms with E-state index in [1.807, 2.05) is 13.1 Å². The van der Waals surface area contributed by atoms with Crippen LogP contribution in [-0.4, -0.2) is 34.1 Å². The number of H-pyrrole nitrogens is 1. The zero-order valence-electron chi connectivity index (χ0n) is 11.1. The number of hydrogen-bond acceptors (Lipinski definition) is 3. The highest BCUT2D eigenvalue weighted by Gasteiger charge is 2.33. The fraction of sp³-hybridized carbons (Fsp3) is 0.429. The summed E-state index contributed by atoms with van der Waals surface area (Å²) < 4.78 is 5.27. The maximum absolute atomic E-state index is 12.3. The van der Waals surface area contributed by atoms with Crippen LogP contribution in [0.5, 0.6) is 0 Å². The van der Waals surface area contributed by atoms with Crippen LogP contribution in [0.15, 0.2) is 28.9 Å². The van der Waals surface area contributed by atoms with Crippen molar-refractivity contribution in [1.29, 1.82) is 0 Å². The largest absolute Gasteiger partial charge is 0.463 e. The first-order chi connectivity index (χ1) is 9.16. The summed E-state index contributed by atoms with van der Waals surface area (Å²) >= 11 is 0. The van der Waals surface area contributed by atoms with Crippen molar-refractivity contribution in [3.05, 3.63) is 30.2 Å². The molecule has 1 aliphatic rings. The number of aromatic nitrogens is 2. The van der Waals surface area contributed by atoms with Crippen molar-refractivity contribution in [2.45, 2.75) is 25.8 Å². The number of carbonyl (C=O) groups is 1. The molecule has 19 heavy (non-hydrogen) atoms. The summed E-state index contributed by atoms with van der Waals surface area (Å²) in [5, 5.41) is 6.92. The number of nitrogens with one attached hydrogen (secondary N) is 1. The molecule has 1 atom stereocenters. The maximum atomic E-state index is 12.3. The highest BCUT2D eigenvalue weighted by Crippen LogP contribution is 2.35. The Bertz CT molecular complexity index is 569. The predicted molar refractivity (Wildman–Crippen MR) is 70.6 cm³/mol. The Morgan fingerprint density at radius 1 is 1.58 bits per heavy atom. The molecule has 0 aromatic carbocycles. The number of carbonyl (C=O) groups excluding carboxylic acids is 1. The molecule has 1 fully saturated rings. The average molecular weight is 259 g/mol. The number of amides is 1. The molecule has 1 N–H and O–H groups in total. The predicted octanol–water partition coefficient (Wildman–Crippen LogP) is 2.54. The van der Waals surface area contributed by atoms with Crippen molar-refractivity contribution in [3.8, 4) is 11.5 Å². The fourth-order valence-electron chi connectivity index (χ4n) is 2.25. The molecule has 0 spiro atoms. The van der Waals surface area contributed by atoms with E-state index in [-0.39, 0.29) is 11.9 Å². The normalized spacial score (nSPS) is 16.3. The van der Waals surface area contributed by atoms with Gasteiger partial charge in [-0.3, -0.25) is 9.89 Å². The number of rotatable bonds is 4. The van der Waals surface area contributed by atoms with Crippen molar-refractivity contribution >= 4 is 5.91 Å². The van der Waals surface area contributed by atoms with E-state index in [0.29, 0.717) is 17.4 Å². The van der Waals surface area contributed by atoms with Gasteiger partial charge in [-0.1, -0.05) is 0 Å². The highest BCUT2D eigenvalue weighted by atomic mass is 16.3. The molecule has 0 radical (unpaired) electrons. The molecular weight excluding hydrogens is 242 g/mol. The van der Waals surface area contributed by atoms with Gasteiger partial charge in [0.15, 0.2) is 11.5 Å². The molecule has 1 unspecified atom stereocenters. The van der Waals surface area contributed by atoms with E-state index < -0.39 is 0 Å². The summed E-state index contributed by atoms with van der Waals surface area (Å²) in [5.41, 5.74) is 1.15. The second-order valence-electron chi connectivity index (χ2n) is 5.14. The van der Waals surface area contributed by atoms with Gasteiger partial charge in [0, 0.05) is 19.2 Å². The minimum atomic E-state index is -0.0477. The Kier molecular flexibility index (Phi) is 2.89. The molecule has 1 amide bonds. The topological polar surface area (TPSA) is 62.1 Å². The maximum Gasteiger partial charge on any atom is 0.274 e. The van der Waals surface area contributed by atoms with E-state index in [9.17, 15) is 4.79 Å². The number of nitrogens with zero attached hydrogens (tertiary/aromatic N) is 2. The molecule has 0 bridgehead atoms. The molecule has 0 aliphatic heterocycles. The summed E-state index contributed by atoms with van der Waals surface area (Å²) in [6.07, 6.45) is 4.03. The smallest absolute Gasteiger partial charge is 0.274 e. The lowest BCUT2D eigenvalue weighted by molar-refractivity contribution is 0.0721. The van der Waals surface area contributed by atoms with Crippen LogP contribution >= 0.6 is 0 Å². The van der Waals surface area contributed by atoms with E-state index in [4.69, 9.17) is 4.42 Å². The summed E-state index contributed by atoms with van der Waals surface area (Å²) in [7, 11) is 1.84. The van der Waals surface area contributed by atoms with E-state index in [2.05, 4.69) is 17.1 Å². The first kappa shape index (κ1) is 12.0. The second-order valence-corrected chi connectivity index (χ2v) is 5.14. The molecule has 5 nitrogen and oxygen atoms in total. The van der Waals surface area contributed by atoms with Crippen LogP contribution in [0.1, 0.15) is 30.3 Å². The molecule has 100 valence electrons. The minimum Gasteiger partial charge on any atom is -0.463 e. The van der Waals surface area contributed by atoms with Gasteiger partial charge in [0.25, 0.3) is 5.91 Å². The molecule has 5 heteroatoms. The number of hydrogen-bond donors (Lipinski definition) is 1. The first-order valence-electron chi connectivity index (χ1n) is 6.53. The lowest BCUT2D eigenvalue weighted by Gasteiger charge is -2.23. The van der Waals surface area contributed by atoms with Gasteiger partial charge >= 0.3 is 0 Å². The molecule has 1 aliphatic carbocycles. The Balaban J connectivity index is 1.76. The zero-order valence-corrected chi connectivity index (χ0v) is 11.1. The van der Waals surface area contributed by atoms with Crippen molar-refractivity contribution in [2.75, 3.05) is 7.05 Å². The van der Waals surface area contributed by atoms with Gasteiger partial charge < -0.3 is 9.32 Å².